The van der Waals surface area contributed by atoms with Gasteiger partial charge in [0.15, 0.2) is 0 Å². The van der Waals surface area contributed by atoms with Crippen molar-refractivity contribution in [3.63, 3.8) is 0 Å². The van der Waals surface area contributed by atoms with Gasteiger partial charge in [0.25, 0.3) is 5.92 Å². The molecule has 0 bridgehead atoms. The molecule has 0 aromatic rings. The highest BCUT2D eigenvalue weighted by atomic mass is 19.3. The lowest BCUT2D eigenvalue weighted by molar-refractivity contribution is -0.0573. The zero-order valence-electron chi connectivity index (χ0n) is 5.43. The summed E-state index contributed by atoms with van der Waals surface area (Å²) in [7, 11) is 0. The first kappa shape index (κ1) is 7.88. The second-order valence-electron chi connectivity index (χ2n) is 2.73. The fraction of sp³-hybridized carbons (Fsp3) is 1.00. The van der Waals surface area contributed by atoms with Crippen molar-refractivity contribution in [2.75, 3.05) is 6.61 Å². The third-order valence-corrected chi connectivity index (χ3v) is 1.88. The highest BCUT2D eigenvalue weighted by Crippen LogP contribution is 2.39. The Morgan fingerprint density at radius 2 is 2.10 bits per heavy atom. The van der Waals surface area contributed by atoms with Gasteiger partial charge in [0, 0.05) is 12.3 Å². The number of aliphatic hydroxyl groups is 2. The van der Waals surface area contributed by atoms with Crippen LogP contribution in [0.1, 0.15) is 12.8 Å². The van der Waals surface area contributed by atoms with Gasteiger partial charge in [-0.3, -0.25) is 0 Å². The monoisotopic (exact) mass is 152 g/mol. The van der Waals surface area contributed by atoms with E-state index >= 15 is 0 Å². The van der Waals surface area contributed by atoms with Gasteiger partial charge in [-0.1, -0.05) is 0 Å². The third kappa shape index (κ3) is 1.27. The summed E-state index contributed by atoms with van der Waals surface area (Å²) in [6, 6.07) is 0. The molecule has 60 valence electrons. The standard InChI is InChI=1S/C6H10F2O2/c7-6(8)2-5(10)1-4(6)3-9/h4-5,9-10H,1-3H2/t4-,5+/m0/s1. The van der Waals surface area contributed by atoms with E-state index in [0.717, 1.165) is 0 Å². The lowest BCUT2D eigenvalue weighted by atomic mass is 10.1. The van der Waals surface area contributed by atoms with Crippen LogP contribution in [0.25, 0.3) is 0 Å². The zero-order chi connectivity index (χ0) is 7.78. The summed E-state index contributed by atoms with van der Waals surface area (Å²) in [6.07, 6.45) is -1.42. The SMILES string of the molecule is OC[C@@H]1C[C@@H](O)CC1(F)F. The summed E-state index contributed by atoms with van der Waals surface area (Å²) in [6.45, 7) is -0.538. The van der Waals surface area contributed by atoms with E-state index < -0.39 is 31.0 Å². The molecule has 1 aliphatic rings. The Morgan fingerprint density at radius 1 is 1.50 bits per heavy atom. The van der Waals surface area contributed by atoms with Gasteiger partial charge >= 0.3 is 0 Å². The minimum atomic E-state index is -2.87. The minimum Gasteiger partial charge on any atom is -0.396 e. The number of hydrogen-bond donors (Lipinski definition) is 2. The van der Waals surface area contributed by atoms with Crippen molar-refractivity contribution >= 4 is 0 Å². The first-order valence-electron chi connectivity index (χ1n) is 3.23. The van der Waals surface area contributed by atoms with Crippen LogP contribution in [0.5, 0.6) is 0 Å². The molecule has 0 aromatic heterocycles. The number of hydrogen-bond acceptors (Lipinski definition) is 2. The highest BCUT2D eigenvalue weighted by molar-refractivity contribution is 4.88. The molecule has 1 saturated carbocycles. The number of alkyl halides is 2. The second kappa shape index (κ2) is 2.43. The fourth-order valence-electron chi connectivity index (χ4n) is 1.27. The van der Waals surface area contributed by atoms with Crippen LogP contribution in [0.3, 0.4) is 0 Å². The topological polar surface area (TPSA) is 40.5 Å². The van der Waals surface area contributed by atoms with Crippen LogP contribution in [0, 0.1) is 5.92 Å². The Bertz CT molecular complexity index is 127. The van der Waals surface area contributed by atoms with Gasteiger partial charge in [-0.15, -0.1) is 0 Å². The molecule has 0 spiro atoms. The summed E-state index contributed by atoms with van der Waals surface area (Å²) in [4.78, 5) is 0. The molecule has 0 heterocycles. The summed E-state index contributed by atoms with van der Waals surface area (Å²) >= 11 is 0. The van der Waals surface area contributed by atoms with E-state index in [9.17, 15) is 8.78 Å². The van der Waals surface area contributed by atoms with Crippen LogP contribution in [-0.2, 0) is 0 Å². The van der Waals surface area contributed by atoms with Crippen LogP contribution in [-0.4, -0.2) is 28.8 Å². The van der Waals surface area contributed by atoms with E-state index in [1.807, 2.05) is 0 Å². The highest BCUT2D eigenvalue weighted by Gasteiger charge is 2.47. The zero-order valence-corrected chi connectivity index (χ0v) is 5.43. The van der Waals surface area contributed by atoms with E-state index in [1.54, 1.807) is 0 Å². The van der Waals surface area contributed by atoms with Crippen molar-refractivity contribution in [3.05, 3.63) is 0 Å². The van der Waals surface area contributed by atoms with Crippen LogP contribution in [0.4, 0.5) is 8.78 Å². The predicted octanol–water partition coefficient (Wildman–Crippen LogP) is 0.385. The molecule has 0 aromatic carbocycles. The fourth-order valence-corrected chi connectivity index (χ4v) is 1.27. The van der Waals surface area contributed by atoms with Crippen LogP contribution < -0.4 is 0 Å². The van der Waals surface area contributed by atoms with E-state index in [0.29, 0.717) is 0 Å². The van der Waals surface area contributed by atoms with Gasteiger partial charge in [-0.2, -0.15) is 0 Å². The number of rotatable bonds is 1. The van der Waals surface area contributed by atoms with Crippen LogP contribution >= 0.6 is 0 Å². The maximum absolute atomic E-state index is 12.5. The van der Waals surface area contributed by atoms with Gasteiger partial charge < -0.3 is 10.2 Å². The minimum absolute atomic E-state index is 0.0174. The van der Waals surface area contributed by atoms with Gasteiger partial charge in [-0.05, 0) is 6.42 Å². The molecule has 0 saturated heterocycles. The molecule has 2 atom stereocenters. The molecule has 10 heavy (non-hydrogen) atoms. The third-order valence-electron chi connectivity index (χ3n) is 1.88. The average molecular weight is 152 g/mol. The van der Waals surface area contributed by atoms with Crippen molar-refractivity contribution < 1.29 is 19.0 Å². The maximum atomic E-state index is 12.5. The molecule has 0 amide bonds. The van der Waals surface area contributed by atoms with Crippen LogP contribution in [0.2, 0.25) is 0 Å². The number of halogens is 2. The maximum Gasteiger partial charge on any atom is 0.255 e. The molecule has 4 heteroatoms. The van der Waals surface area contributed by atoms with E-state index in [-0.39, 0.29) is 6.42 Å². The average Bonchev–Trinajstić information content (AvgIpc) is 2.04. The van der Waals surface area contributed by atoms with E-state index in [1.165, 1.54) is 0 Å². The molecular weight excluding hydrogens is 142 g/mol. The van der Waals surface area contributed by atoms with Crippen molar-refractivity contribution in [1.82, 2.24) is 0 Å². The Kier molecular flexibility index (Phi) is 1.92. The lowest BCUT2D eigenvalue weighted by Crippen LogP contribution is -2.24. The molecule has 0 aliphatic heterocycles. The van der Waals surface area contributed by atoms with Gasteiger partial charge in [-0.25, -0.2) is 8.78 Å². The molecule has 1 aliphatic carbocycles. The van der Waals surface area contributed by atoms with E-state index in [4.69, 9.17) is 10.2 Å². The van der Waals surface area contributed by atoms with Crippen molar-refractivity contribution in [2.45, 2.75) is 24.9 Å². The quantitative estimate of drug-likeness (QED) is 0.570. The molecule has 0 radical (unpaired) electrons. The molecule has 2 N–H and O–H groups in total. The predicted molar refractivity (Wildman–Crippen MR) is 30.8 cm³/mol. The Labute approximate surface area is 57.5 Å². The van der Waals surface area contributed by atoms with Gasteiger partial charge in [0.1, 0.15) is 0 Å². The molecule has 1 fully saturated rings. The Balaban J connectivity index is 2.58. The lowest BCUT2D eigenvalue weighted by Gasteiger charge is -2.14. The van der Waals surface area contributed by atoms with E-state index in [2.05, 4.69) is 0 Å². The Morgan fingerprint density at radius 3 is 2.30 bits per heavy atom. The molecular formula is C6H10F2O2. The summed E-state index contributed by atoms with van der Waals surface area (Å²) in [5.74, 6) is -3.91. The number of aliphatic hydroxyl groups excluding tert-OH is 2. The normalized spacial score (nSPS) is 38.4. The molecule has 0 unspecified atom stereocenters. The largest absolute Gasteiger partial charge is 0.396 e. The first-order valence-corrected chi connectivity index (χ1v) is 3.23. The smallest absolute Gasteiger partial charge is 0.255 e. The summed E-state index contributed by atoms with van der Waals surface area (Å²) < 4.78 is 25.1. The van der Waals surface area contributed by atoms with Gasteiger partial charge in [0.2, 0.25) is 0 Å². The second-order valence-corrected chi connectivity index (χ2v) is 2.73. The summed E-state index contributed by atoms with van der Waals surface area (Å²) in [5.41, 5.74) is 0. The Hall–Kier alpha value is -0.220. The van der Waals surface area contributed by atoms with Crippen molar-refractivity contribution in [2.24, 2.45) is 5.92 Å². The van der Waals surface area contributed by atoms with Crippen molar-refractivity contribution in [1.29, 1.82) is 0 Å². The van der Waals surface area contributed by atoms with Gasteiger partial charge in [0.05, 0.1) is 12.7 Å². The van der Waals surface area contributed by atoms with Crippen molar-refractivity contribution in [3.8, 4) is 0 Å². The summed E-state index contributed by atoms with van der Waals surface area (Å²) in [5, 5.41) is 17.2. The van der Waals surface area contributed by atoms with Crippen LogP contribution in [0.15, 0.2) is 0 Å². The first-order chi connectivity index (χ1) is 4.56. The molecule has 2 nitrogen and oxygen atoms in total. The molecule has 1 rings (SSSR count).